The third kappa shape index (κ3) is 3.57. The molecule has 2 aromatic heterocycles. The number of hydrogen-bond donors (Lipinski definition) is 0. The molecule has 0 aliphatic rings. The van der Waals surface area contributed by atoms with Gasteiger partial charge in [0.1, 0.15) is 11.6 Å². The fraction of sp³-hybridized carbons (Fsp3) is 0.133. The first-order valence-electron chi connectivity index (χ1n) is 6.79. The average Bonchev–Trinajstić information content (AvgIpc) is 3.03. The van der Waals surface area contributed by atoms with Gasteiger partial charge in [0.05, 0.1) is 6.54 Å². The van der Waals surface area contributed by atoms with Gasteiger partial charge >= 0.3 is 12.1 Å². The third-order valence-corrected chi connectivity index (χ3v) is 3.26. The second-order valence-electron chi connectivity index (χ2n) is 5.03. The molecule has 0 spiro atoms. The third-order valence-electron chi connectivity index (χ3n) is 3.26. The molecule has 0 unspecified atom stereocenters. The van der Waals surface area contributed by atoms with E-state index in [9.17, 15) is 26.7 Å². The summed E-state index contributed by atoms with van der Waals surface area (Å²) < 4.78 is 69.7. The number of aromatic nitrogens is 3. The number of halogens is 5. The lowest BCUT2D eigenvalue weighted by atomic mass is 10.2. The minimum Gasteiger partial charge on any atom is -0.413 e. The Morgan fingerprint density at radius 2 is 1.84 bits per heavy atom. The van der Waals surface area contributed by atoms with Crippen LogP contribution in [-0.2, 0) is 12.7 Å². The van der Waals surface area contributed by atoms with E-state index in [2.05, 4.69) is 14.6 Å². The summed E-state index contributed by atoms with van der Waals surface area (Å²) in [5.41, 5.74) is -0.733. The Morgan fingerprint density at radius 1 is 1.08 bits per heavy atom. The van der Waals surface area contributed by atoms with E-state index in [1.54, 1.807) is 0 Å². The molecule has 130 valence electrons. The zero-order valence-electron chi connectivity index (χ0n) is 12.2. The van der Waals surface area contributed by atoms with Gasteiger partial charge in [-0.05, 0) is 24.3 Å². The zero-order valence-corrected chi connectivity index (χ0v) is 12.2. The molecule has 0 aliphatic heterocycles. The van der Waals surface area contributed by atoms with E-state index in [4.69, 9.17) is 0 Å². The summed E-state index contributed by atoms with van der Waals surface area (Å²) >= 11 is 0. The second kappa shape index (κ2) is 6.11. The summed E-state index contributed by atoms with van der Waals surface area (Å²) in [6.07, 6.45) is -3.59. The van der Waals surface area contributed by atoms with Gasteiger partial charge in [-0.2, -0.15) is 13.2 Å². The molecule has 0 aliphatic carbocycles. The first kappa shape index (κ1) is 16.8. The lowest BCUT2D eigenvalue weighted by Gasteiger charge is -2.07. The summed E-state index contributed by atoms with van der Waals surface area (Å²) in [7, 11) is 0. The molecule has 10 heteroatoms. The van der Waals surface area contributed by atoms with Crippen LogP contribution in [0.2, 0.25) is 0 Å². The van der Waals surface area contributed by atoms with Gasteiger partial charge in [-0.15, -0.1) is 10.2 Å². The molecule has 3 aromatic rings. The maximum absolute atomic E-state index is 13.6. The van der Waals surface area contributed by atoms with E-state index in [1.807, 2.05) is 0 Å². The number of pyridine rings is 1. The van der Waals surface area contributed by atoms with Crippen molar-refractivity contribution >= 4 is 0 Å². The van der Waals surface area contributed by atoms with E-state index in [1.165, 1.54) is 12.3 Å². The van der Waals surface area contributed by atoms with Gasteiger partial charge in [0.25, 0.3) is 5.56 Å². The lowest BCUT2D eigenvalue weighted by Crippen LogP contribution is -2.19. The van der Waals surface area contributed by atoms with Crippen molar-refractivity contribution in [3.63, 3.8) is 0 Å². The molecule has 2 heterocycles. The van der Waals surface area contributed by atoms with Gasteiger partial charge in [-0.25, -0.2) is 8.78 Å². The zero-order chi connectivity index (χ0) is 18.2. The minimum absolute atomic E-state index is 0.0241. The standard InChI is InChI=1S/C15H8F5N3O2/c16-10-1-2-11(17)9(5-10)7-23-4-3-8(6-12(23)24)13-21-22-14(25-13)15(18,19)20/h1-6H,7H2. The molecule has 0 saturated carbocycles. The molecule has 0 bridgehead atoms. The summed E-state index contributed by atoms with van der Waals surface area (Å²) in [5, 5.41) is 6.10. The summed E-state index contributed by atoms with van der Waals surface area (Å²) in [5.74, 6) is -3.36. The van der Waals surface area contributed by atoms with Gasteiger partial charge in [0.2, 0.25) is 5.89 Å². The predicted octanol–water partition coefficient (Wildman–Crippen LogP) is 3.24. The summed E-state index contributed by atoms with van der Waals surface area (Å²) in [4.78, 5) is 12.1. The maximum atomic E-state index is 13.6. The van der Waals surface area contributed by atoms with Crippen LogP contribution >= 0.6 is 0 Å². The highest BCUT2D eigenvalue weighted by molar-refractivity contribution is 5.51. The molecule has 0 amide bonds. The quantitative estimate of drug-likeness (QED) is 0.675. The molecule has 0 N–H and O–H groups in total. The second-order valence-corrected chi connectivity index (χ2v) is 5.03. The molecular formula is C15H8F5N3O2. The van der Waals surface area contributed by atoms with Crippen molar-refractivity contribution in [3.05, 3.63) is 70.0 Å². The van der Waals surface area contributed by atoms with Crippen molar-refractivity contribution in [1.82, 2.24) is 14.8 Å². The van der Waals surface area contributed by atoms with Gasteiger partial charge in [-0.3, -0.25) is 4.79 Å². The maximum Gasteiger partial charge on any atom is 0.470 e. The highest BCUT2D eigenvalue weighted by atomic mass is 19.4. The minimum atomic E-state index is -4.80. The van der Waals surface area contributed by atoms with E-state index >= 15 is 0 Å². The molecule has 0 radical (unpaired) electrons. The Balaban J connectivity index is 1.90. The Kier molecular flexibility index (Phi) is 4.11. The van der Waals surface area contributed by atoms with Gasteiger partial charge in [0, 0.05) is 23.4 Å². The van der Waals surface area contributed by atoms with Crippen LogP contribution in [0.15, 0.2) is 45.7 Å². The van der Waals surface area contributed by atoms with Crippen LogP contribution in [0.1, 0.15) is 11.5 Å². The van der Waals surface area contributed by atoms with Crippen molar-refractivity contribution in [2.75, 3.05) is 0 Å². The fourth-order valence-electron chi connectivity index (χ4n) is 2.07. The predicted molar refractivity (Wildman–Crippen MR) is 74.5 cm³/mol. The normalized spacial score (nSPS) is 11.7. The average molecular weight is 357 g/mol. The summed E-state index contributed by atoms with van der Waals surface area (Å²) in [6, 6.07) is 5.04. The molecule has 25 heavy (non-hydrogen) atoms. The number of benzene rings is 1. The van der Waals surface area contributed by atoms with Crippen LogP contribution in [0.3, 0.4) is 0 Å². The van der Waals surface area contributed by atoms with Gasteiger partial charge < -0.3 is 8.98 Å². The van der Waals surface area contributed by atoms with Gasteiger partial charge in [0.15, 0.2) is 0 Å². The van der Waals surface area contributed by atoms with E-state index < -0.39 is 35.2 Å². The molecule has 0 saturated heterocycles. The molecular weight excluding hydrogens is 349 g/mol. The first-order chi connectivity index (χ1) is 11.7. The van der Waals surface area contributed by atoms with E-state index in [-0.39, 0.29) is 17.7 Å². The van der Waals surface area contributed by atoms with E-state index in [0.29, 0.717) is 0 Å². The van der Waals surface area contributed by atoms with Crippen molar-refractivity contribution in [2.24, 2.45) is 0 Å². The van der Waals surface area contributed by atoms with E-state index in [0.717, 1.165) is 28.8 Å². The number of alkyl halides is 3. The van der Waals surface area contributed by atoms with Crippen LogP contribution < -0.4 is 5.56 Å². The lowest BCUT2D eigenvalue weighted by molar-refractivity contribution is -0.156. The van der Waals surface area contributed by atoms with Crippen LogP contribution in [-0.4, -0.2) is 14.8 Å². The monoisotopic (exact) mass is 357 g/mol. The molecule has 3 rings (SSSR count). The number of rotatable bonds is 3. The molecule has 1 aromatic carbocycles. The Labute approximate surface area is 136 Å². The molecule has 0 fully saturated rings. The van der Waals surface area contributed by atoms with Crippen LogP contribution in [0.25, 0.3) is 11.5 Å². The highest BCUT2D eigenvalue weighted by Gasteiger charge is 2.38. The van der Waals surface area contributed by atoms with Crippen molar-refractivity contribution in [1.29, 1.82) is 0 Å². The topological polar surface area (TPSA) is 60.9 Å². The Morgan fingerprint density at radius 3 is 2.48 bits per heavy atom. The largest absolute Gasteiger partial charge is 0.470 e. The summed E-state index contributed by atoms with van der Waals surface area (Å²) in [6.45, 7) is -0.250. The van der Waals surface area contributed by atoms with Crippen molar-refractivity contribution < 1.29 is 26.4 Å². The van der Waals surface area contributed by atoms with Crippen molar-refractivity contribution in [2.45, 2.75) is 12.7 Å². The fourth-order valence-corrected chi connectivity index (χ4v) is 2.07. The van der Waals surface area contributed by atoms with Crippen LogP contribution in [0.5, 0.6) is 0 Å². The number of hydrogen-bond acceptors (Lipinski definition) is 4. The van der Waals surface area contributed by atoms with Gasteiger partial charge in [-0.1, -0.05) is 0 Å². The Bertz CT molecular complexity index is 978. The smallest absolute Gasteiger partial charge is 0.413 e. The number of nitrogens with zero attached hydrogens (tertiary/aromatic N) is 3. The molecule has 0 atom stereocenters. The van der Waals surface area contributed by atoms with Crippen LogP contribution in [0, 0.1) is 11.6 Å². The highest BCUT2D eigenvalue weighted by Crippen LogP contribution is 2.29. The molecule has 5 nitrogen and oxygen atoms in total. The Hall–Kier alpha value is -3.04. The van der Waals surface area contributed by atoms with Crippen LogP contribution in [0.4, 0.5) is 22.0 Å². The van der Waals surface area contributed by atoms with Crippen molar-refractivity contribution in [3.8, 4) is 11.5 Å². The SMILES string of the molecule is O=c1cc(-c2nnc(C(F)(F)F)o2)ccn1Cc1cc(F)ccc1F. The first-order valence-corrected chi connectivity index (χ1v) is 6.79.